The van der Waals surface area contributed by atoms with Crippen molar-refractivity contribution in [3.63, 3.8) is 0 Å². The number of methoxy groups -OCH3 is 1. The van der Waals surface area contributed by atoms with Crippen molar-refractivity contribution in [3.05, 3.63) is 0 Å². The van der Waals surface area contributed by atoms with Crippen molar-refractivity contribution in [1.82, 2.24) is 10.6 Å². The van der Waals surface area contributed by atoms with Crippen LogP contribution in [0.25, 0.3) is 0 Å². The number of alkyl halides is 3. The van der Waals surface area contributed by atoms with Gasteiger partial charge in [0.2, 0.25) is 0 Å². The summed E-state index contributed by atoms with van der Waals surface area (Å²) < 4.78 is 44.6. The van der Waals surface area contributed by atoms with E-state index in [1.165, 1.54) is 7.11 Å². The number of ether oxygens (including phenoxy) is 2. The first-order valence-corrected chi connectivity index (χ1v) is 5.02. The first-order chi connectivity index (χ1) is 7.89. The third-order valence-electron chi connectivity index (χ3n) is 1.91. The van der Waals surface area contributed by atoms with Crippen LogP contribution >= 0.6 is 0 Å². The maximum absolute atomic E-state index is 11.7. The van der Waals surface area contributed by atoms with Gasteiger partial charge in [-0.05, 0) is 13.5 Å². The van der Waals surface area contributed by atoms with E-state index in [4.69, 9.17) is 4.74 Å². The van der Waals surface area contributed by atoms with Crippen LogP contribution in [0.2, 0.25) is 0 Å². The van der Waals surface area contributed by atoms with Crippen molar-refractivity contribution >= 4 is 6.09 Å². The van der Waals surface area contributed by atoms with E-state index in [-0.39, 0.29) is 12.6 Å². The highest BCUT2D eigenvalue weighted by Crippen LogP contribution is 2.12. The average Bonchev–Trinajstić information content (AvgIpc) is 2.24. The number of nitrogens with one attached hydrogen (secondary N) is 2. The Kier molecular flexibility index (Phi) is 7.64. The van der Waals surface area contributed by atoms with Crippen LogP contribution in [0.3, 0.4) is 0 Å². The number of alkyl carbamates (subject to hydrolysis) is 1. The lowest BCUT2D eigenvalue weighted by atomic mass is 10.2. The van der Waals surface area contributed by atoms with Crippen molar-refractivity contribution in [2.75, 3.05) is 33.9 Å². The summed E-state index contributed by atoms with van der Waals surface area (Å²) >= 11 is 0. The molecule has 0 fully saturated rings. The van der Waals surface area contributed by atoms with Gasteiger partial charge in [-0.2, -0.15) is 13.2 Å². The molecule has 0 rings (SSSR count). The number of carbonyl (C=O) groups is 1. The van der Waals surface area contributed by atoms with Crippen LogP contribution in [0.15, 0.2) is 0 Å². The van der Waals surface area contributed by atoms with Crippen LogP contribution < -0.4 is 10.6 Å². The van der Waals surface area contributed by atoms with Gasteiger partial charge in [0.15, 0.2) is 0 Å². The van der Waals surface area contributed by atoms with Gasteiger partial charge in [-0.1, -0.05) is 0 Å². The SMILES string of the molecule is CN[C@H](CCOC(=O)NCC(F)(F)F)COC. The van der Waals surface area contributed by atoms with E-state index < -0.39 is 18.8 Å². The van der Waals surface area contributed by atoms with E-state index in [1.807, 2.05) is 0 Å². The Morgan fingerprint density at radius 3 is 2.53 bits per heavy atom. The molecule has 2 N–H and O–H groups in total. The maximum atomic E-state index is 11.7. The van der Waals surface area contributed by atoms with Gasteiger partial charge in [-0.15, -0.1) is 0 Å². The number of hydrogen-bond donors (Lipinski definition) is 2. The topological polar surface area (TPSA) is 59.6 Å². The summed E-state index contributed by atoms with van der Waals surface area (Å²) in [6.07, 6.45) is -5.04. The molecule has 0 saturated carbocycles. The van der Waals surface area contributed by atoms with Gasteiger partial charge < -0.3 is 20.1 Å². The predicted octanol–water partition coefficient (Wildman–Crippen LogP) is 0.899. The summed E-state index contributed by atoms with van der Waals surface area (Å²) in [6, 6.07) is -0.00424. The van der Waals surface area contributed by atoms with Gasteiger partial charge >= 0.3 is 12.3 Å². The molecule has 0 aromatic rings. The van der Waals surface area contributed by atoms with Gasteiger partial charge in [0.25, 0.3) is 0 Å². The standard InChI is InChI=1S/C9H17F3N2O3/c1-13-7(5-16-2)3-4-17-8(15)14-6-9(10,11)12/h7,13H,3-6H2,1-2H3,(H,14,15)/t7-/m1/s1. The van der Waals surface area contributed by atoms with Crippen LogP contribution in [0.4, 0.5) is 18.0 Å². The summed E-state index contributed by atoms with van der Waals surface area (Å²) in [6.45, 7) is -0.929. The number of hydrogen-bond acceptors (Lipinski definition) is 4. The van der Waals surface area contributed by atoms with Crippen molar-refractivity contribution in [2.24, 2.45) is 0 Å². The minimum Gasteiger partial charge on any atom is -0.449 e. The second kappa shape index (κ2) is 8.13. The zero-order valence-electron chi connectivity index (χ0n) is 9.76. The van der Waals surface area contributed by atoms with E-state index in [2.05, 4.69) is 10.1 Å². The summed E-state index contributed by atoms with van der Waals surface area (Å²) in [5.74, 6) is 0. The molecule has 0 bridgehead atoms. The van der Waals surface area contributed by atoms with Gasteiger partial charge in [0.1, 0.15) is 6.54 Å². The molecule has 0 saturated heterocycles. The van der Waals surface area contributed by atoms with Crippen LogP contribution in [0.5, 0.6) is 0 Å². The Bertz CT molecular complexity index is 224. The maximum Gasteiger partial charge on any atom is 0.407 e. The van der Waals surface area contributed by atoms with Crippen molar-refractivity contribution < 1.29 is 27.4 Å². The highest BCUT2D eigenvalue weighted by molar-refractivity contribution is 5.67. The molecule has 1 atom stereocenters. The van der Waals surface area contributed by atoms with Gasteiger partial charge in [0, 0.05) is 13.2 Å². The first kappa shape index (κ1) is 16.0. The molecule has 0 aromatic carbocycles. The molecule has 0 spiro atoms. The Labute approximate surface area is 97.6 Å². The first-order valence-electron chi connectivity index (χ1n) is 5.02. The smallest absolute Gasteiger partial charge is 0.407 e. The number of carbonyl (C=O) groups excluding carboxylic acids is 1. The molecule has 0 aliphatic heterocycles. The summed E-state index contributed by atoms with van der Waals surface area (Å²) in [5, 5.41) is 4.52. The van der Waals surface area contributed by atoms with E-state index >= 15 is 0 Å². The molecule has 8 heteroatoms. The van der Waals surface area contributed by atoms with Gasteiger partial charge in [-0.25, -0.2) is 4.79 Å². The molecule has 0 aliphatic carbocycles. The van der Waals surface area contributed by atoms with E-state index in [1.54, 1.807) is 12.4 Å². The van der Waals surface area contributed by atoms with Gasteiger partial charge in [-0.3, -0.25) is 0 Å². The molecule has 0 radical (unpaired) electrons. The zero-order valence-corrected chi connectivity index (χ0v) is 9.76. The van der Waals surface area contributed by atoms with Crippen molar-refractivity contribution in [2.45, 2.75) is 18.6 Å². The molecular formula is C9H17F3N2O3. The van der Waals surface area contributed by atoms with Crippen molar-refractivity contribution in [3.8, 4) is 0 Å². The molecule has 0 unspecified atom stereocenters. The Hall–Kier alpha value is -1.02. The summed E-state index contributed by atoms with van der Waals surface area (Å²) in [4.78, 5) is 10.8. The molecule has 0 heterocycles. The van der Waals surface area contributed by atoms with Crippen LogP contribution in [-0.4, -0.2) is 52.2 Å². The molecule has 102 valence electrons. The molecular weight excluding hydrogens is 241 g/mol. The second-order valence-corrected chi connectivity index (χ2v) is 3.33. The number of likely N-dealkylation sites (N-methyl/N-ethyl adjacent to an activating group) is 1. The lowest BCUT2D eigenvalue weighted by molar-refractivity contribution is -0.123. The molecule has 1 amide bonds. The highest BCUT2D eigenvalue weighted by atomic mass is 19.4. The third kappa shape index (κ3) is 9.88. The van der Waals surface area contributed by atoms with E-state index in [9.17, 15) is 18.0 Å². The molecule has 5 nitrogen and oxygen atoms in total. The Morgan fingerprint density at radius 2 is 2.06 bits per heavy atom. The zero-order chi connectivity index (χ0) is 13.3. The number of halogens is 3. The fourth-order valence-electron chi connectivity index (χ4n) is 1.03. The molecule has 0 aliphatic rings. The Morgan fingerprint density at radius 1 is 1.41 bits per heavy atom. The summed E-state index contributed by atoms with van der Waals surface area (Å²) in [5.41, 5.74) is 0. The minimum absolute atomic E-state index is 0.00424. The normalized spacial score (nSPS) is 13.2. The monoisotopic (exact) mass is 258 g/mol. The second-order valence-electron chi connectivity index (χ2n) is 3.33. The van der Waals surface area contributed by atoms with E-state index in [0.29, 0.717) is 13.0 Å². The quantitative estimate of drug-likeness (QED) is 0.712. The lowest BCUT2D eigenvalue weighted by Crippen LogP contribution is -2.36. The molecule has 0 aromatic heterocycles. The van der Waals surface area contributed by atoms with Crippen LogP contribution in [0, 0.1) is 0 Å². The third-order valence-corrected chi connectivity index (χ3v) is 1.91. The van der Waals surface area contributed by atoms with Crippen molar-refractivity contribution in [1.29, 1.82) is 0 Å². The van der Waals surface area contributed by atoms with E-state index in [0.717, 1.165) is 0 Å². The molecule has 17 heavy (non-hydrogen) atoms. The number of amides is 1. The highest BCUT2D eigenvalue weighted by Gasteiger charge is 2.27. The average molecular weight is 258 g/mol. The fraction of sp³-hybridized carbons (Fsp3) is 0.889. The Balaban J connectivity index is 3.63. The predicted molar refractivity (Wildman–Crippen MR) is 54.7 cm³/mol. The lowest BCUT2D eigenvalue weighted by Gasteiger charge is -2.15. The largest absolute Gasteiger partial charge is 0.449 e. The van der Waals surface area contributed by atoms with Crippen LogP contribution in [-0.2, 0) is 9.47 Å². The summed E-state index contributed by atoms with van der Waals surface area (Å²) in [7, 11) is 3.24. The van der Waals surface area contributed by atoms with Crippen LogP contribution in [0.1, 0.15) is 6.42 Å². The van der Waals surface area contributed by atoms with Gasteiger partial charge in [0.05, 0.1) is 13.2 Å². The fourth-order valence-corrected chi connectivity index (χ4v) is 1.03. The number of rotatable bonds is 7. The minimum atomic E-state index is -4.43.